The number of carbonyl (C=O) groups is 1. The number of hydrogen-bond donors (Lipinski definition) is 1. The topological polar surface area (TPSA) is 95.5 Å². The summed E-state index contributed by atoms with van der Waals surface area (Å²) in [5, 5.41) is 0.870. The Bertz CT molecular complexity index is 1270. The van der Waals surface area contributed by atoms with E-state index in [1.807, 2.05) is 33.2 Å². The fourth-order valence-electron chi connectivity index (χ4n) is 6.02. The lowest BCUT2D eigenvalue weighted by Crippen LogP contribution is -2.32. The molecule has 3 aliphatic rings. The van der Waals surface area contributed by atoms with Crippen LogP contribution in [-0.4, -0.2) is 50.4 Å². The largest absolute Gasteiger partial charge is 0.383 e. The lowest BCUT2D eigenvalue weighted by molar-refractivity contribution is -0.160. The molecule has 1 amide bonds. The third-order valence-corrected chi connectivity index (χ3v) is 7.70. The zero-order valence-corrected chi connectivity index (χ0v) is 19.9. The number of nitrogen functional groups attached to an aromatic ring is 1. The number of carbonyl (C=O) groups excluding carboxylic acids is 1. The Balaban J connectivity index is 1.24. The number of nitrogens with zero attached hydrogens (tertiary/aromatic N) is 4. The zero-order chi connectivity index (χ0) is 23.6. The van der Waals surface area contributed by atoms with Crippen molar-refractivity contribution in [2.75, 3.05) is 12.8 Å². The van der Waals surface area contributed by atoms with Crippen LogP contribution in [0.4, 0.5) is 5.82 Å². The Kier molecular flexibility index (Phi) is 4.93. The molecule has 2 N–H and O–H groups in total. The summed E-state index contributed by atoms with van der Waals surface area (Å²) in [6.07, 6.45) is 6.95. The smallest absolute Gasteiger partial charge is 0.227 e. The van der Waals surface area contributed by atoms with Gasteiger partial charge in [0.15, 0.2) is 5.79 Å². The second kappa shape index (κ2) is 7.78. The summed E-state index contributed by atoms with van der Waals surface area (Å²) in [6, 6.07) is 8.73. The molecule has 0 bridgehead atoms. The molecule has 0 radical (unpaired) electrons. The summed E-state index contributed by atoms with van der Waals surface area (Å²) < 4.78 is 15.0. The first kappa shape index (κ1) is 21.6. The van der Waals surface area contributed by atoms with Gasteiger partial charge < -0.3 is 24.7 Å². The Hall–Kier alpha value is -2.97. The van der Waals surface area contributed by atoms with Gasteiger partial charge in [-0.3, -0.25) is 4.79 Å². The molecular formula is C26H31N5O3. The van der Waals surface area contributed by atoms with E-state index in [1.54, 1.807) is 4.90 Å². The number of amides is 1. The monoisotopic (exact) mass is 461 g/mol. The molecule has 6 rings (SSSR count). The molecule has 1 saturated heterocycles. The van der Waals surface area contributed by atoms with Crippen LogP contribution < -0.4 is 5.73 Å². The SMILES string of the molecule is CN1Cc2ccc(CC[C@H]3C[C@@H](n4ccc5c(N)ncnc54)[C@@H]4OC(C)(C)O[C@H]34)cc2CC1=O. The number of anilines is 1. The average molecular weight is 462 g/mol. The highest BCUT2D eigenvalue weighted by Gasteiger charge is 2.54. The second-order valence-electron chi connectivity index (χ2n) is 10.4. The lowest BCUT2D eigenvalue weighted by Gasteiger charge is -2.26. The summed E-state index contributed by atoms with van der Waals surface area (Å²) in [4.78, 5) is 22.6. The predicted molar refractivity (Wildman–Crippen MR) is 128 cm³/mol. The molecule has 3 aromatic rings. The number of likely N-dealkylation sites (N-methyl/N-ethyl adjacent to an activating group) is 1. The van der Waals surface area contributed by atoms with Crippen LogP contribution in [0, 0.1) is 5.92 Å². The molecule has 8 nitrogen and oxygen atoms in total. The minimum Gasteiger partial charge on any atom is -0.383 e. The quantitative estimate of drug-likeness (QED) is 0.641. The van der Waals surface area contributed by atoms with E-state index >= 15 is 0 Å². The van der Waals surface area contributed by atoms with E-state index in [9.17, 15) is 4.79 Å². The minimum atomic E-state index is -0.610. The van der Waals surface area contributed by atoms with Crippen LogP contribution in [0.3, 0.4) is 0 Å². The number of benzene rings is 1. The summed E-state index contributed by atoms with van der Waals surface area (Å²) in [5.41, 5.74) is 10.6. The maximum atomic E-state index is 12.2. The molecule has 4 heterocycles. The highest BCUT2D eigenvalue weighted by Crippen LogP contribution is 2.49. The van der Waals surface area contributed by atoms with Gasteiger partial charge >= 0.3 is 0 Å². The van der Waals surface area contributed by atoms with Gasteiger partial charge in [0.2, 0.25) is 5.91 Å². The summed E-state index contributed by atoms with van der Waals surface area (Å²) in [6.45, 7) is 4.68. The van der Waals surface area contributed by atoms with Crippen molar-refractivity contribution in [3.8, 4) is 0 Å². The molecule has 0 spiro atoms. The van der Waals surface area contributed by atoms with E-state index in [0.717, 1.165) is 30.3 Å². The fourth-order valence-corrected chi connectivity index (χ4v) is 6.02. The van der Waals surface area contributed by atoms with Gasteiger partial charge in [-0.25, -0.2) is 9.97 Å². The maximum absolute atomic E-state index is 12.2. The molecule has 2 aromatic heterocycles. The molecular weight excluding hydrogens is 430 g/mol. The van der Waals surface area contributed by atoms with E-state index in [4.69, 9.17) is 15.2 Å². The molecule has 1 aromatic carbocycles. The van der Waals surface area contributed by atoms with Gasteiger partial charge in [0.05, 0.1) is 24.0 Å². The number of nitrogens with two attached hydrogens (primary N) is 1. The Morgan fingerprint density at radius 1 is 1.15 bits per heavy atom. The van der Waals surface area contributed by atoms with Crippen molar-refractivity contribution in [3.63, 3.8) is 0 Å². The molecule has 1 saturated carbocycles. The molecule has 34 heavy (non-hydrogen) atoms. The molecule has 4 atom stereocenters. The first-order valence-corrected chi connectivity index (χ1v) is 12.1. The van der Waals surface area contributed by atoms with Crippen LogP contribution in [0.25, 0.3) is 11.0 Å². The number of aryl methyl sites for hydroxylation is 1. The summed E-state index contributed by atoms with van der Waals surface area (Å²) in [7, 11) is 1.87. The van der Waals surface area contributed by atoms with Crippen LogP contribution >= 0.6 is 0 Å². The molecule has 2 aliphatic heterocycles. The number of aromatic nitrogens is 3. The van der Waals surface area contributed by atoms with Gasteiger partial charge in [0.1, 0.15) is 23.9 Å². The normalized spacial score (nSPS) is 27.9. The predicted octanol–water partition coefficient (Wildman–Crippen LogP) is 3.24. The van der Waals surface area contributed by atoms with E-state index < -0.39 is 5.79 Å². The van der Waals surface area contributed by atoms with Gasteiger partial charge in [-0.15, -0.1) is 0 Å². The Morgan fingerprint density at radius 2 is 1.97 bits per heavy atom. The van der Waals surface area contributed by atoms with Crippen molar-refractivity contribution < 1.29 is 14.3 Å². The zero-order valence-electron chi connectivity index (χ0n) is 19.9. The lowest BCUT2D eigenvalue weighted by atomic mass is 9.92. The van der Waals surface area contributed by atoms with Crippen LogP contribution in [0.5, 0.6) is 0 Å². The molecule has 8 heteroatoms. The van der Waals surface area contributed by atoms with E-state index in [2.05, 4.69) is 32.7 Å². The molecule has 0 unspecified atom stereocenters. The van der Waals surface area contributed by atoms with E-state index in [1.165, 1.54) is 23.0 Å². The summed E-state index contributed by atoms with van der Waals surface area (Å²) >= 11 is 0. The average Bonchev–Trinajstić information content (AvgIpc) is 3.45. The van der Waals surface area contributed by atoms with Crippen molar-refractivity contribution in [1.82, 2.24) is 19.4 Å². The Labute approximate surface area is 199 Å². The number of ether oxygens (including phenoxy) is 2. The van der Waals surface area contributed by atoms with Gasteiger partial charge in [-0.1, -0.05) is 18.2 Å². The van der Waals surface area contributed by atoms with Gasteiger partial charge in [0, 0.05) is 19.8 Å². The first-order chi connectivity index (χ1) is 16.3. The fraction of sp³-hybridized carbons (Fsp3) is 0.500. The van der Waals surface area contributed by atoms with Crippen LogP contribution in [0.2, 0.25) is 0 Å². The highest BCUT2D eigenvalue weighted by molar-refractivity contribution is 5.86. The minimum absolute atomic E-state index is 0.0319. The third kappa shape index (κ3) is 3.56. The number of hydrogen-bond acceptors (Lipinski definition) is 6. The van der Waals surface area contributed by atoms with Crippen molar-refractivity contribution in [1.29, 1.82) is 0 Å². The molecule has 1 aliphatic carbocycles. The number of rotatable bonds is 4. The summed E-state index contributed by atoms with van der Waals surface area (Å²) in [5.74, 6) is 0.433. The van der Waals surface area contributed by atoms with E-state index in [-0.39, 0.29) is 24.2 Å². The van der Waals surface area contributed by atoms with Crippen LogP contribution in [0.1, 0.15) is 49.4 Å². The van der Waals surface area contributed by atoms with Crippen molar-refractivity contribution >= 4 is 22.8 Å². The van der Waals surface area contributed by atoms with Crippen molar-refractivity contribution in [2.24, 2.45) is 5.92 Å². The standard InChI is InChI=1S/C26H31N5O3/c1-26(2)33-22-16(6-4-15-5-7-17-13-30(3)21(32)12-18(17)10-15)11-20(23(22)34-26)31-9-8-19-24(27)28-14-29-25(19)31/h5,7-10,14,16,20,22-23H,4,6,11-13H2,1-3H3,(H2,27,28,29)/t16-,20+,22+,23-/m0/s1. The highest BCUT2D eigenvalue weighted by atomic mass is 16.8. The Morgan fingerprint density at radius 3 is 2.82 bits per heavy atom. The number of fused-ring (bicyclic) bond motifs is 3. The van der Waals surface area contributed by atoms with E-state index in [0.29, 0.717) is 24.7 Å². The third-order valence-electron chi connectivity index (χ3n) is 7.70. The van der Waals surface area contributed by atoms with Crippen LogP contribution in [0.15, 0.2) is 36.8 Å². The molecule has 178 valence electrons. The second-order valence-corrected chi connectivity index (χ2v) is 10.4. The van der Waals surface area contributed by atoms with Crippen LogP contribution in [-0.2, 0) is 33.7 Å². The first-order valence-electron chi connectivity index (χ1n) is 12.1. The van der Waals surface area contributed by atoms with Gasteiger partial charge in [-0.2, -0.15) is 0 Å². The van der Waals surface area contributed by atoms with Gasteiger partial charge in [0.25, 0.3) is 0 Å². The molecule has 2 fully saturated rings. The maximum Gasteiger partial charge on any atom is 0.227 e. The van der Waals surface area contributed by atoms with Crippen molar-refractivity contribution in [2.45, 2.75) is 70.1 Å². The van der Waals surface area contributed by atoms with Gasteiger partial charge in [-0.05, 0) is 61.8 Å². The van der Waals surface area contributed by atoms with Crippen molar-refractivity contribution in [3.05, 3.63) is 53.5 Å².